The molecule has 29 heavy (non-hydrogen) atoms. The van der Waals surface area contributed by atoms with Gasteiger partial charge >= 0.3 is 0 Å². The number of hydrogen-bond donors (Lipinski definition) is 0. The molecule has 1 heterocycles. The molecule has 1 saturated heterocycles. The molecule has 146 valence electrons. The van der Waals surface area contributed by atoms with Crippen molar-refractivity contribution in [3.8, 4) is 11.5 Å². The molecule has 4 rings (SSSR count). The Bertz CT molecular complexity index is 968. The lowest BCUT2D eigenvalue weighted by atomic mass is 9.95. The van der Waals surface area contributed by atoms with E-state index in [1.165, 1.54) is 0 Å². The molecule has 2 atom stereocenters. The fraction of sp³-hybridized carbons (Fsp3) is 0.160. The van der Waals surface area contributed by atoms with Crippen molar-refractivity contribution in [2.45, 2.75) is 19.1 Å². The van der Waals surface area contributed by atoms with Gasteiger partial charge < -0.3 is 9.47 Å². The number of hydrogen-bond acceptors (Lipinski definition) is 3. The number of anilines is 1. The van der Waals surface area contributed by atoms with Crippen LogP contribution in [-0.4, -0.2) is 24.7 Å². The van der Waals surface area contributed by atoms with Crippen LogP contribution in [-0.2, 0) is 4.79 Å². The molecule has 3 aromatic carbocycles. The summed E-state index contributed by atoms with van der Waals surface area (Å²) in [7, 11) is 0. The van der Waals surface area contributed by atoms with Gasteiger partial charge in [0.05, 0.1) is 6.61 Å². The molecule has 1 amide bonds. The first kappa shape index (κ1) is 18.8. The van der Waals surface area contributed by atoms with E-state index in [2.05, 4.69) is 0 Å². The van der Waals surface area contributed by atoms with E-state index in [0.717, 1.165) is 17.0 Å². The minimum absolute atomic E-state index is 0.0549. The van der Waals surface area contributed by atoms with Crippen LogP contribution >= 0.6 is 0 Å². The molecule has 0 aromatic heterocycles. The molecule has 0 aliphatic carbocycles. The topological polar surface area (TPSA) is 38.8 Å². The molecule has 0 bridgehead atoms. The molecule has 1 aliphatic rings. The van der Waals surface area contributed by atoms with Gasteiger partial charge in [-0.25, -0.2) is 0 Å². The third kappa shape index (κ3) is 4.16. The van der Waals surface area contributed by atoms with Gasteiger partial charge in [-0.1, -0.05) is 60.7 Å². The van der Waals surface area contributed by atoms with Crippen molar-refractivity contribution < 1.29 is 14.3 Å². The van der Waals surface area contributed by atoms with Crippen molar-refractivity contribution in [3.63, 3.8) is 0 Å². The number of ether oxygens (including phenoxy) is 2. The van der Waals surface area contributed by atoms with E-state index in [1.807, 2.05) is 104 Å². The molecule has 0 radical (unpaired) electrons. The Hall–Kier alpha value is -3.53. The lowest BCUT2D eigenvalue weighted by molar-refractivity contribution is -0.133. The standard InChI is InChI=1S/C25H23NO3/c1-2-28-21-16-14-20(15-17-21)26-23(18-13-19-9-5-3-6-10-19)24(25(26)27)29-22-11-7-4-8-12-22/h3-18,23-24H,2H2,1H3/b18-13+/t23-,24+/m1/s1. The van der Waals surface area contributed by atoms with E-state index in [0.29, 0.717) is 12.4 Å². The lowest BCUT2D eigenvalue weighted by Crippen LogP contribution is -2.66. The predicted molar refractivity (Wildman–Crippen MR) is 115 cm³/mol. The van der Waals surface area contributed by atoms with Gasteiger partial charge in [0.2, 0.25) is 6.10 Å². The Morgan fingerprint density at radius 1 is 0.862 bits per heavy atom. The maximum Gasteiger partial charge on any atom is 0.271 e. The van der Waals surface area contributed by atoms with Gasteiger partial charge in [-0.3, -0.25) is 9.69 Å². The van der Waals surface area contributed by atoms with Gasteiger partial charge in [0.15, 0.2) is 0 Å². The second-order valence-electron chi connectivity index (χ2n) is 6.75. The fourth-order valence-corrected chi connectivity index (χ4v) is 3.38. The number of carbonyl (C=O) groups excluding carboxylic acids is 1. The SMILES string of the molecule is CCOc1ccc(N2C(=O)[C@@H](Oc3ccccc3)[C@H]2/C=C/c2ccccc2)cc1. The van der Waals surface area contributed by atoms with E-state index in [9.17, 15) is 4.79 Å². The van der Waals surface area contributed by atoms with E-state index in [1.54, 1.807) is 4.90 Å². The van der Waals surface area contributed by atoms with Gasteiger partial charge in [0.1, 0.15) is 17.5 Å². The number of rotatable bonds is 7. The van der Waals surface area contributed by atoms with Crippen molar-refractivity contribution in [1.29, 1.82) is 0 Å². The largest absolute Gasteiger partial charge is 0.494 e. The summed E-state index contributed by atoms with van der Waals surface area (Å²) in [6, 6.07) is 26.9. The maximum absolute atomic E-state index is 12.9. The van der Waals surface area contributed by atoms with Crippen LogP contribution < -0.4 is 14.4 Å². The summed E-state index contributed by atoms with van der Waals surface area (Å²) in [6.07, 6.45) is 3.50. The molecule has 4 nitrogen and oxygen atoms in total. The zero-order chi connectivity index (χ0) is 20.1. The van der Waals surface area contributed by atoms with Crippen LogP contribution in [0.4, 0.5) is 5.69 Å². The second kappa shape index (κ2) is 8.65. The van der Waals surface area contributed by atoms with Crippen molar-refractivity contribution in [2.75, 3.05) is 11.5 Å². The molecular formula is C25H23NO3. The van der Waals surface area contributed by atoms with Crippen molar-refractivity contribution >= 4 is 17.7 Å². The van der Waals surface area contributed by atoms with Crippen molar-refractivity contribution in [1.82, 2.24) is 0 Å². The molecule has 1 aliphatic heterocycles. The normalized spacial score (nSPS) is 18.5. The predicted octanol–water partition coefficient (Wildman–Crippen LogP) is 4.96. The summed E-state index contributed by atoms with van der Waals surface area (Å²) < 4.78 is 11.5. The zero-order valence-electron chi connectivity index (χ0n) is 16.3. The Morgan fingerprint density at radius 2 is 1.52 bits per heavy atom. The molecule has 0 spiro atoms. The maximum atomic E-state index is 12.9. The van der Waals surface area contributed by atoms with E-state index < -0.39 is 6.10 Å². The minimum Gasteiger partial charge on any atom is -0.494 e. The Morgan fingerprint density at radius 3 is 2.17 bits per heavy atom. The van der Waals surface area contributed by atoms with Crippen LogP contribution in [0.25, 0.3) is 6.08 Å². The van der Waals surface area contributed by atoms with Crippen LogP contribution in [0.15, 0.2) is 91.0 Å². The van der Waals surface area contributed by atoms with Gasteiger partial charge in [0, 0.05) is 5.69 Å². The molecular weight excluding hydrogens is 362 g/mol. The van der Waals surface area contributed by atoms with Crippen LogP contribution in [0.3, 0.4) is 0 Å². The fourth-order valence-electron chi connectivity index (χ4n) is 3.38. The highest BCUT2D eigenvalue weighted by Gasteiger charge is 2.48. The minimum atomic E-state index is -0.552. The molecule has 1 fully saturated rings. The van der Waals surface area contributed by atoms with E-state index >= 15 is 0 Å². The lowest BCUT2D eigenvalue weighted by Gasteiger charge is -2.45. The first-order valence-corrected chi connectivity index (χ1v) is 9.77. The zero-order valence-corrected chi connectivity index (χ0v) is 16.3. The number of nitrogens with zero attached hydrogens (tertiary/aromatic N) is 1. The molecule has 0 saturated carbocycles. The van der Waals surface area contributed by atoms with Crippen LogP contribution in [0.1, 0.15) is 12.5 Å². The van der Waals surface area contributed by atoms with E-state index in [-0.39, 0.29) is 11.9 Å². The number of β-lactam (4-membered cyclic amide) rings is 1. The average Bonchev–Trinajstić information content (AvgIpc) is 2.77. The van der Waals surface area contributed by atoms with Crippen LogP contribution in [0.5, 0.6) is 11.5 Å². The van der Waals surface area contributed by atoms with Gasteiger partial charge in [-0.15, -0.1) is 0 Å². The highest BCUT2D eigenvalue weighted by atomic mass is 16.5. The molecule has 3 aromatic rings. The average molecular weight is 385 g/mol. The number of amides is 1. The third-order valence-corrected chi connectivity index (χ3v) is 4.81. The molecule has 0 N–H and O–H groups in total. The highest BCUT2D eigenvalue weighted by Crippen LogP contribution is 2.33. The van der Waals surface area contributed by atoms with Gasteiger partial charge in [0.25, 0.3) is 5.91 Å². The summed E-state index contributed by atoms with van der Waals surface area (Å²) >= 11 is 0. The summed E-state index contributed by atoms with van der Waals surface area (Å²) in [5.74, 6) is 1.42. The first-order chi connectivity index (χ1) is 14.3. The van der Waals surface area contributed by atoms with Gasteiger partial charge in [-0.05, 0) is 48.9 Å². The molecule has 4 heteroatoms. The van der Waals surface area contributed by atoms with Crippen LogP contribution in [0.2, 0.25) is 0 Å². The Labute approximate surface area is 171 Å². The first-order valence-electron chi connectivity index (χ1n) is 9.77. The van der Waals surface area contributed by atoms with Crippen molar-refractivity contribution in [2.24, 2.45) is 0 Å². The van der Waals surface area contributed by atoms with E-state index in [4.69, 9.17) is 9.47 Å². The van der Waals surface area contributed by atoms with Crippen LogP contribution in [0, 0.1) is 0 Å². The van der Waals surface area contributed by atoms with Crippen molar-refractivity contribution in [3.05, 3.63) is 96.6 Å². The quantitative estimate of drug-likeness (QED) is 0.540. The summed E-state index contributed by atoms with van der Waals surface area (Å²) in [6.45, 7) is 2.56. The monoisotopic (exact) mass is 385 g/mol. The Balaban J connectivity index is 1.59. The van der Waals surface area contributed by atoms with Gasteiger partial charge in [-0.2, -0.15) is 0 Å². The smallest absolute Gasteiger partial charge is 0.271 e. The number of benzene rings is 3. The second-order valence-corrected chi connectivity index (χ2v) is 6.75. The summed E-state index contributed by atoms with van der Waals surface area (Å²) in [5.41, 5.74) is 1.91. The Kier molecular flexibility index (Phi) is 5.61. The summed E-state index contributed by atoms with van der Waals surface area (Å²) in [5, 5.41) is 0. The number of carbonyl (C=O) groups is 1. The molecule has 0 unspecified atom stereocenters. The number of para-hydroxylation sites is 1. The highest BCUT2D eigenvalue weighted by molar-refractivity contribution is 6.06. The summed E-state index contributed by atoms with van der Waals surface area (Å²) in [4.78, 5) is 14.7. The third-order valence-electron chi connectivity index (χ3n) is 4.81.